The highest BCUT2D eigenvalue weighted by molar-refractivity contribution is 6.30. The minimum Gasteiger partial charge on any atom is -0.493 e. The fourth-order valence-corrected chi connectivity index (χ4v) is 2.14. The van der Waals surface area contributed by atoms with E-state index in [9.17, 15) is 0 Å². The average Bonchev–Trinajstić information content (AvgIpc) is 2.98. The Balaban J connectivity index is 2.26. The number of nitrogens with zero attached hydrogens (tertiary/aromatic N) is 2. The normalized spacial score (nSPS) is 12.2. The molecule has 21 heavy (non-hydrogen) atoms. The van der Waals surface area contributed by atoms with Crippen molar-refractivity contribution >= 4 is 11.6 Å². The zero-order valence-electron chi connectivity index (χ0n) is 12.0. The van der Waals surface area contributed by atoms with Crippen LogP contribution in [-0.4, -0.2) is 23.3 Å². The van der Waals surface area contributed by atoms with Crippen molar-refractivity contribution in [1.29, 1.82) is 0 Å². The molecule has 7 heteroatoms. The number of aromatic nitrogens is 2. The van der Waals surface area contributed by atoms with E-state index in [0.29, 0.717) is 28.8 Å². The molecule has 2 N–H and O–H groups in total. The van der Waals surface area contributed by atoms with Crippen LogP contribution < -0.4 is 15.2 Å². The Hall–Kier alpha value is -1.79. The lowest BCUT2D eigenvalue weighted by Crippen LogP contribution is -2.22. The van der Waals surface area contributed by atoms with Gasteiger partial charge in [0.25, 0.3) is 0 Å². The molecule has 6 nitrogen and oxygen atoms in total. The van der Waals surface area contributed by atoms with Crippen molar-refractivity contribution in [3.05, 3.63) is 34.9 Å². The number of nitrogens with two attached hydrogens (primary N) is 1. The van der Waals surface area contributed by atoms with E-state index in [0.717, 1.165) is 12.0 Å². The zero-order chi connectivity index (χ0) is 15.2. The van der Waals surface area contributed by atoms with E-state index in [1.165, 1.54) is 6.39 Å². The molecule has 114 valence electrons. The number of benzene rings is 1. The molecule has 2 aromatic rings. The summed E-state index contributed by atoms with van der Waals surface area (Å²) in [5, 5.41) is 4.29. The monoisotopic (exact) mass is 311 g/mol. The van der Waals surface area contributed by atoms with Crippen molar-refractivity contribution in [3.8, 4) is 11.5 Å². The van der Waals surface area contributed by atoms with E-state index >= 15 is 0 Å². The molecule has 0 fully saturated rings. The smallest absolute Gasteiger partial charge is 0.213 e. The molecule has 0 spiro atoms. The molecule has 1 aromatic carbocycles. The van der Waals surface area contributed by atoms with Crippen molar-refractivity contribution in [3.63, 3.8) is 0 Å². The lowest BCUT2D eigenvalue weighted by Gasteiger charge is -2.17. The predicted molar refractivity (Wildman–Crippen MR) is 78.6 cm³/mol. The van der Waals surface area contributed by atoms with Gasteiger partial charge in [-0.25, -0.2) is 0 Å². The van der Waals surface area contributed by atoms with Crippen LogP contribution in [0.1, 0.15) is 24.7 Å². The van der Waals surface area contributed by atoms with Gasteiger partial charge in [-0.2, -0.15) is 4.98 Å². The number of hydrogen-bond donors (Lipinski definition) is 1. The fraction of sp³-hybridized carbons (Fsp3) is 0.429. The Kier molecular flexibility index (Phi) is 5.41. The molecular weight excluding hydrogens is 294 g/mol. The third-order valence-corrected chi connectivity index (χ3v) is 3.29. The summed E-state index contributed by atoms with van der Waals surface area (Å²) in [7, 11) is 1.57. The first kappa shape index (κ1) is 15.6. The summed E-state index contributed by atoms with van der Waals surface area (Å²) in [5.74, 6) is 1.62. The van der Waals surface area contributed by atoms with E-state index < -0.39 is 0 Å². The first-order valence-electron chi connectivity index (χ1n) is 6.64. The highest BCUT2D eigenvalue weighted by Crippen LogP contribution is 2.36. The molecule has 0 aliphatic heterocycles. The highest BCUT2D eigenvalue weighted by atomic mass is 35.5. The van der Waals surface area contributed by atoms with Gasteiger partial charge in [0.1, 0.15) is 0 Å². The van der Waals surface area contributed by atoms with Gasteiger partial charge < -0.3 is 19.7 Å². The minimum atomic E-state index is 0.0284. The molecule has 1 unspecified atom stereocenters. The standard InChI is InChI=1S/C14H18ClN3O3/c1-3-11(16)5-9-4-10(15)6-12(19-2)14(9)20-7-13-17-8-21-18-13/h4,6,8,11H,3,5,7,16H2,1-2H3. The molecular formula is C14H18ClN3O3. The maximum atomic E-state index is 6.11. The molecule has 0 aliphatic carbocycles. The Labute approximate surface area is 128 Å². The molecule has 0 saturated carbocycles. The lowest BCUT2D eigenvalue weighted by atomic mass is 10.0. The topological polar surface area (TPSA) is 83.4 Å². The van der Waals surface area contributed by atoms with Crippen LogP contribution in [0.4, 0.5) is 0 Å². The van der Waals surface area contributed by atoms with Crippen LogP contribution in [0.2, 0.25) is 5.02 Å². The van der Waals surface area contributed by atoms with Gasteiger partial charge in [0.2, 0.25) is 12.2 Å². The summed E-state index contributed by atoms with van der Waals surface area (Å²) in [6, 6.07) is 3.57. The summed E-state index contributed by atoms with van der Waals surface area (Å²) in [6.07, 6.45) is 2.76. The van der Waals surface area contributed by atoms with Crippen molar-refractivity contribution in [2.24, 2.45) is 5.73 Å². The Morgan fingerprint density at radius 2 is 2.24 bits per heavy atom. The Morgan fingerprint density at radius 3 is 2.86 bits per heavy atom. The lowest BCUT2D eigenvalue weighted by molar-refractivity contribution is 0.266. The van der Waals surface area contributed by atoms with Crippen molar-refractivity contribution in [2.45, 2.75) is 32.4 Å². The molecule has 0 amide bonds. The van der Waals surface area contributed by atoms with Gasteiger partial charge in [-0.3, -0.25) is 0 Å². The Morgan fingerprint density at radius 1 is 1.43 bits per heavy atom. The number of hydrogen-bond acceptors (Lipinski definition) is 6. The average molecular weight is 312 g/mol. The first-order chi connectivity index (χ1) is 10.1. The largest absolute Gasteiger partial charge is 0.493 e. The van der Waals surface area contributed by atoms with Gasteiger partial charge in [-0.05, 0) is 18.9 Å². The van der Waals surface area contributed by atoms with Gasteiger partial charge in [0.15, 0.2) is 18.1 Å². The highest BCUT2D eigenvalue weighted by Gasteiger charge is 2.16. The van der Waals surface area contributed by atoms with Gasteiger partial charge >= 0.3 is 0 Å². The van der Waals surface area contributed by atoms with E-state index in [1.807, 2.05) is 13.0 Å². The van der Waals surface area contributed by atoms with Crippen molar-refractivity contribution < 1.29 is 14.0 Å². The second-order valence-electron chi connectivity index (χ2n) is 4.60. The van der Waals surface area contributed by atoms with Crippen LogP contribution in [0, 0.1) is 0 Å². The summed E-state index contributed by atoms with van der Waals surface area (Å²) in [6.45, 7) is 2.22. The van der Waals surface area contributed by atoms with Crippen LogP contribution in [0.3, 0.4) is 0 Å². The third-order valence-electron chi connectivity index (χ3n) is 3.08. The van der Waals surface area contributed by atoms with Crippen molar-refractivity contribution in [2.75, 3.05) is 7.11 Å². The summed E-state index contributed by atoms with van der Waals surface area (Å²) < 4.78 is 15.8. The molecule has 1 atom stereocenters. The molecule has 2 rings (SSSR count). The predicted octanol–water partition coefficient (Wildman–Crippen LogP) is 2.59. The first-order valence-corrected chi connectivity index (χ1v) is 7.01. The zero-order valence-corrected chi connectivity index (χ0v) is 12.8. The summed E-state index contributed by atoms with van der Waals surface area (Å²) in [5.41, 5.74) is 6.93. The molecule has 0 radical (unpaired) electrons. The van der Waals surface area contributed by atoms with Crippen LogP contribution >= 0.6 is 11.6 Å². The summed E-state index contributed by atoms with van der Waals surface area (Å²) in [4.78, 5) is 3.92. The van der Waals surface area contributed by atoms with Gasteiger partial charge in [0, 0.05) is 22.7 Å². The second kappa shape index (κ2) is 7.28. The van der Waals surface area contributed by atoms with E-state index in [-0.39, 0.29) is 12.6 Å². The molecule has 0 bridgehead atoms. The minimum absolute atomic E-state index is 0.0284. The van der Waals surface area contributed by atoms with Gasteiger partial charge in [-0.15, -0.1) is 0 Å². The maximum Gasteiger partial charge on any atom is 0.213 e. The van der Waals surface area contributed by atoms with Crippen LogP contribution in [0.5, 0.6) is 11.5 Å². The van der Waals surface area contributed by atoms with Crippen molar-refractivity contribution in [1.82, 2.24) is 10.1 Å². The van der Waals surface area contributed by atoms with Crippen LogP contribution in [0.25, 0.3) is 0 Å². The van der Waals surface area contributed by atoms with Gasteiger partial charge in [0.05, 0.1) is 7.11 Å². The quantitative estimate of drug-likeness (QED) is 0.846. The van der Waals surface area contributed by atoms with Crippen LogP contribution in [-0.2, 0) is 13.0 Å². The number of ether oxygens (including phenoxy) is 2. The third kappa shape index (κ3) is 4.09. The Bertz CT molecular complexity index is 575. The second-order valence-corrected chi connectivity index (χ2v) is 5.04. The van der Waals surface area contributed by atoms with Crippen LogP contribution in [0.15, 0.2) is 23.0 Å². The maximum absolute atomic E-state index is 6.11. The SMILES string of the molecule is CCC(N)Cc1cc(Cl)cc(OC)c1OCc1ncon1. The van der Waals surface area contributed by atoms with E-state index in [4.69, 9.17) is 26.8 Å². The van der Waals surface area contributed by atoms with E-state index in [1.54, 1.807) is 13.2 Å². The molecule has 0 aliphatic rings. The molecule has 1 heterocycles. The number of methoxy groups -OCH3 is 1. The number of halogens is 1. The van der Waals surface area contributed by atoms with E-state index in [2.05, 4.69) is 14.7 Å². The number of rotatable bonds is 7. The molecule has 1 aromatic heterocycles. The van der Waals surface area contributed by atoms with Gasteiger partial charge in [-0.1, -0.05) is 23.7 Å². The fourth-order valence-electron chi connectivity index (χ4n) is 1.91. The molecule has 0 saturated heterocycles. The summed E-state index contributed by atoms with van der Waals surface area (Å²) >= 11 is 6.11.